The first-order chi connectivity index (χ1) is 9.49. The molecule has 0 radical (unpaired) electrons. The number of hydrogen-bond acceptors (Lipinski definition) is 2. The van der Waals surface area contributed by atoms with E-state index in [1.54, 1.807) is 0 Å². The first-order valence-corrected chi connectivity index (χ1v) is 8.04. The second-order valence-corrected chi connectivity index (χ2v) is 6.05. The maximum atomic E-state index is 6.30. The molecule has 0 saturated heterocycles. The van der Waals surface area contributed by atoms with Crippen LogP contribution in [0.3, 0.4) is 0 Å². The molecule has 1 unspecified atom stereocenters. The van der Waals surface area contributed by atoms with Crippen LogP contribution in [0.4, 0.5) is 0 Å². The lowest BCUT2D eigenvalue weighted by atomic mass is 10.0. The van der Waals surface area contributed by atoms with Gasteiger partial charge in [0.1, 0.15) is 11.9 Å². The summed E-state index contributed by atoms with van der Waals surface area (Å²) in [6.45, 7) is 12.6. The van der Waals surface area contributed by atoms with E-state index in [4.69, 9.17) is 16.3 Å². The minimum absolute atomic E-state index is 0.210. The lowest BCUT2D eigenvalue weighted by Crippen LogP contribution is -2.31. The molecule has 1 atom stereocenters. The van der Waals surface area contributed by atoms with Gasteiger partial charge in [0.2, 0.25) is 0 Å². The van der Waals surface area contributed by atoms with E-state index in [0.29, 0.717) is 5.92 Å². The number of hydrogen-bond donors (Lipinski definition) is 1. The van der Waals surface area contributed by atoms with E-state index in [1.807, 2.05) is 6.07 Å². The highest BCUT2D eigenvalue weighted by atomic mass is 35.5. The molecule has 0 aliphatic rings. The first kappa shape index (κ1) is 17.3. The van der Waals surface area contributed by atoms with Crippen LogP contribution in [0.2, 0.25) is 5.02 Å². The molecular weight excluding hydrogens is 270 g/mol. The molecule has 0 bridgehead atoms. The molecule has 0 spiro atoms. The molecule has 0 saturated carbocycles. The number of benzene rings is 1. The van der Waals surface area contributed by atoms with Crippen molar-refractivity contribution in [3.8, 4) is 5.75 Å². The van der Waals surface area contributed by atoms with Crippen LogP contribution in [0.1, 0.15) is 57.6 Å². The van der Waals surface area contributed by atoms with Gasteiger partial charge in [0.25, 0.3) is 0 Å². The molecule has 20 heavy (non-hydrogen) atoms. The summed E-state index contributed by atoms with van der Waals surface area (Å²) in [6, 6.07) is 4.11. The molecular formula is C17H28ClNO. The van der Waals surface area contributed by atoms with Crippen LogP contribution in [-0.2, 0) is 0 Å². The molecule has 2 nitrogen and oxygen atoms in total. The fourth-order valence-corrected chi connectivity index (χ4v) is 2.56. The highest BCUT2D eigenvalue weighted by Gasteiger charge is 2.13. The Labute approximate surface area is 128 Å². The molecule has 0 amide bonds. The van der Waals surface area contributed by atoms with E-state index in [0.717, 1.165) is 47.8 Å². The number of ether oxygens (including phenoxy) is 1. The highest BCUT2D eigenvalue weighted by molar-refractivity contribution is 6.31. The standard InChI is InChI=1S/C17H28ClNO/c1-6-8-19-11-14(7-2)20-17-10-15(12(3)4)16(18)9-13(17)5/h9-10,12,14,19H,6-8,11H2,1-5H3. The Morgan fingerprint density at radius 3 is 2.50 bits per heavy atom. The molecule has 1 rings (SSSR count). The molecule has 114 valence electrons. The maximum Gasteiger partial charge on any atom is 0.123 e. The molecule has 0 aliphatic heterocycles. The van der Waals surface area contributed by atoms with Gasteiger partial charge in [-0.3, -0.25) is 0 Å². The summed E-state index contributed by atoms with van der Waals surface area (Å²) in [4.78, 5) is 0. The van der Waals surface area contributed by atoms with Crippen LogP contribution in [0.25, 0.3) is 0 Å². The van der Waals surface area contributed by atoms with Crippen LogP contribution in [0, 0.1) is 6.92 Å². The fraction of sp³-hybridized carbons (Fsp3) is 0.647. The average Bonchev–Trinajstić information content (AvgIpc) is 2.39. The van der Waals surface area contributed by atoms with Gasteiger partial charge < -0.3 is 10.1 Å². The second-order valence-electron chi connectivity index (χ2n) is 5.65. The molecule has 0 fully saturated rings. The average molecular weight is 298 g/mol. The summed E-state index contributed by atoms with van der Waals surface area (Å²) < 4.78 is 6.17. The van der Waals surface area contributed by atoms with Crippen molar-refractivity contribution in [1.82, 2.24) is 5.32 Å². The predicted octanol–water partition coefficient (Wildman–Crippen LogP) is 4.93. The zero-order valence-electron chi connectivity index (χ0n) is 13.4. The number of nitrogens with one attached hydrogen (secondary N) is 1. The van der Waals surface area contributed by atoms with Crippen molar-refractivity contribution in [1.29, 1.82) is 0 Å². The van der Waals surface area contributed by atoms with E-state index >= 15 is 0 Å². The van der Waals surface area contributed by atoms with Crippen molar-refractivity contribution < 1.29 is 4.74 Å². The molecule has 1 N–H and O–H groups in total. The molecule has 3 heteroatoms. The van der Waals surface area contributed by atoms with Crippen molar-refractivity contribution in [2.75, 3.05) is 13.1 Å². The van der Waals surface area contributed by atoms with Gasteiger partial charge in [-0.15, -0.1) is 0 Å². The minimum atomic E-state index is 0.210. The van der Waals surface area contributed by atoms with Crippen LogP contribution in [0.5, 0.6) is 5.75 Å². The van der Waals surface area contributed by atoms with Gasteiger partial charge in [0.05, 0.1) is 0 Å². The van der Waals surface area contributed by atoms with Gasteiger partial charge in [-0.2, -0.15) is 0 Å². The van der Waals surface area contributed by atoms with Gasteiger partial charge in [-0.1, -0.05) is 39.3 Å². The highest BCUT2D eigenvalue weighted by Crippen LogP contribution is 2.32. The first-order valence-electron chi connectivity index (χ1n) is 7.66. The third-order valence-corrected chi connectivity index (χ3v) is 3.79. The number of halogens is 1. The Bertz CT molecular complexity index is 418. The van der Waals surface area contributed by atoms with Gasteiger partial charge in [-0.05, 0) is 55.5 Å². The van der Waals surface area contributed by atoms with Gasteiger partial charge in [0.15, 0.2) is 0 Å². The molecule has 0 aromatic heterocycles. The maximum absolute atomic E-state index is 6.30. The summed E-state index contributed by atoms with van der Waals surface area (Å²) in [5, 5.41) is 4.26. The topological polar surface area (TPSA) is 21.3 Å². The number of rotatable bonds is 8. The van der Waals surface area contributed by atoms with Gasteiger partial charge in [-0.25, -0.2) is 0 Å². The Morgan fingerprint density at radius 2 is 1.95 bits per heavy atom. The van der Waals surface area contributed by atoms with Crippen molar-refractivity contribution in [3.63, 3.8) is 0 Å². The van der Waals surface area contributed by atoms with Gasteiger partial charge in [0, 0.05) is 11.6 Å². The summed E-state index contributed by atoms with van der Waals surface area (Å²) >= 11 is 6.30. The fourth-order valence-electron chi connectivity index (χ4n) is 2.13. The molecule has 1 aromatic rings. The SMILES string of the molecule is CCCNCC(CC)Oc1cc(C(C)C)c(Cl)cc1C. The monoisotopic (exact) mass is 297 g/mol. The summed E-state index contributed by atoms with van der Waals surface area (Å²) in [6.07, 6.45) is 2.35. The van der Waals surface area contributed by atoms with E-state index in [-0.39, 0.29) is 6.10 Å². The van der Waals surface area contributed by atoms with Crippen molar-refractivity contribution >= 4 is 11.6 Å². The Morgan fingerprint density at radius 1 is 1.25 bits per heavy atom. The molecule has 0 aliphatic carbocycles. The largest absolute Gasteiger partial charge is 0.489 e. The summed E-state index contributed by atoms with van der Waals surface area (Å²) in [7, 11) is 0. The van der Waals surface area contributed by atoms with Crippen LogP contribution in [-0.4, -0.2) is 19.2 Å². The third kappa shape index (κ3) is 4.99. The van der Waals surface area contributed by atoms with Crippen LogP contribution in [0.15, 0.2) is 12.1 Å². The van der Waals surface area contributed by atoms with Crippen molar-refractivity contribution in [2.24, 2.45) is 0 Å². The smallest absolute Gasteiger partial charge is 0.123 e. The summed E-state index contributed by atoms with van der Waals surface area (Å²) in [5.41, 5.74) is 2.26. The van der Waals surface area contributed by atoms with E-state index in [1.165, 1.54) is 0 Å². The van der Waals surface area contributed by atoms with E-state index in [2.05, 4.69) is 46.0 Å². The minimum Gasteiger partial charge on any atom is -0.489 e. The lowest BCUT2D eigenvalue weighted by molar-refractivity contribution is 0.192. The Balaban J connectivity index is 2.81. The van der Waals surface area contributed by atoms with Gasteiger partial charge >= 0.3 is 0 Å². The predicted molar refractivity (Wildman–Crippen MR) is 88.1 cm³/mol. The zero-order chi connectivity index (χ0) is 15.1. The van der Waals surface area contributed by atoms with E-state index < -0.39 is 0 Å². The number of aryl methyl sites for hydroxylation is 1. The Hall–Kier alpha value is -0.730. The van der Waals surface area contributed by atoms with Crippen molar-refractivity contribution in [3.05, 3.63) is 28.3 Å². The van der Waals surface area contributed by atoms with Crippen molar-refractivity contribution in [2.45, 2.75) is 59.5 Å². The second kappa shape index (κ2) is 8.53. The summed E-state index contributed by atoms with van der Waals surface area (Å²) in [5.74, 6) is 1.37. The zero-order valence-corrected chi connectivity index (χ0v) is 14.2. The van der Waals surface area contributed by atoms with Crippen LogP contribution >= 0.6 is 11.6 Å². The van der Waals surface area contributed by atoms with Crippen LogP contribution < -0.4 is 10.1 Å². The Kier molecular flexibility index (Phi) is 7.39. The lowest BCUT2D eigenvalue weighted by Gasteiger charge is -2.21. The third-order valence-electron chi connectivity index (χ3n) is 3.46. The van der Waals surface area contributed by atoms with E-state index in [9.17, 15) is 0 Å². The quantitative estimate of drug-likeness (QED) is 0.687. The molecule has 0 heterocycles. The molecule has 1 aromatic carbocycles. The normalized spacial score (nSPS) is 12.8.